The van der Waals surface area contributed by atoms with Crippen LogP contribution in [-0.4, -0.2) is 34.2 Å². The van der Waals surface area contributed by atoms with Gasteiger partial charge in [0, 0.05) is 18.8 Å². The first kappa shape index (κ1) is 20.1. The second-order valence-electron chi connectivity index (χ2n) is 9.78. The van der Waals surface area contributed by atoms with Crippen LogP contribution in [0.15, 0.2) is 6.20 Å². The number of carbonyl (C=O) groups is 1. The number of pyridine rings is 1. The number of carbonyl (C=O) groups excluding carboxylic acids is 1. The summed E-state index contributed by atoms with van der Waals surface area (Å²) < 4.78 is 0. The van der Waals surface area contributed by atoms with Gasteiger partial charge in [-0.25, -0.2) is 4.98 Å². The topological polar surface area (TPSA) is 74.2 Å². The van der Waals surface area contributed by atoms with Gasteiger partial charge >= 0.3 is 0 Å². The molecule has 0 aromatic carbocycles. The largest absolute Gasteiger partial charge is 0.389 e. The minimum atomic E-state index is -0.918. The Morgan fingerprint density at radius 2 is 1.96 bits per heavy atom. The highest BCUT2D eigenvalue weighted by Gasteiger charge is 2.29. The molecule has 1 aromatic rings. The van der Waals surface area contributed by atoms with Crippen LogP contribution in [0.3, 0.4) is 0 Å². The maximum Gasteiger partial charge on any atom is 0.253 e. The van der Waals surface area contributed by atoms with E-state index in [9.17, 15) is 9.90 Å². The molecule has 1 amide bonds. The quantitative estimate of drug-likeness (QED) is 0.733. The molecule has 5 heteroatoms. The Morgan fingerprint density at radius 1 is 1.26 bits per heavy atom. The summed E-state index contributed by atoms with van der Waals surface area (Å²) in [6.07, 6.45) is 10.8. The van der Waals surface area contributed by atoms with Crippen molar-refractivity contribution in [2.24, 2.45) is 5.41 Å². The van der Waals surface area contributed by atoms with Gasteiger partial charge < -0.3 is 15.7 Å². The molecule has 150 valence electrons. The molecule has 0 radical (unpaired) electrons. The molecule has 1 heterocycles. The van der Waals surface area contributed by atoms with Crippen LogP contribution >= 0.6 is 0 Å². The summed E-state index contributed by atoms with van der Waals surface area (Å²) in [6, 6.07) is 0.460. The van der Waals surface area contributed by atoms with Crippen LogP contribution < -0.4 is 10.6 Å². The molecular weight excluding hydrogens is 338 g/mol. The van der Waals surface area contributed by atoms with E-state index in [2.05, 4.69) is 29.5 Å². The molecule has 1 unspecified atom stereocenters. The van der Waals surface area contributed by atoms with Crippen LogP contribution in [0, 0.1) is 5.41 Å². The lowest BCUT2D eigenvalue weighted by molar-refractivity contribution is 0.0693. The van der Waals surface area contributed by atoms with Crippen molar-refractivity contribution in [2.75, 3.05) is 11.9 Å². The standard InChI is InChI=1S/C22H35N3O2/c1-21(2)11-7-8-15(12-21)25-19-17-10-6-5-9-16(17)18(13-23-19)20(26)24-14-22(3,4)27/h13,15,27H,5-12,14H2,1-4H3,(H,23,25)(H,24,26). The summed E-state index contributed by atoms with van der Waals surface area (Å²) >= 11 is 0. The molecule has 3 rings (SSSR count). The maximum atomic E-state index is 12.7. The smallest absolute Gasteiger partial charge is 0.253 e. The van der Waals surface area contributed by atoms with Gasteiger partial charge in [-0.05, 0) is 75.3 Å². The van der Waals surface area contributed by atoms with Crippen molar-refractivity contribution in [1.29, 1.82) is 0 Å². The third-order valence-electron chi connectivity index (χ3n) is 5.87. The van der Waals surface area contributed by atoms with E-state index >= 15 is 0 Å². The second kappa shape index (κ2) is 7.78. The predicted octanol–water partition coefficient (Wildman–Crippen LogP) is 3.84. The van der Waals surface area contributed by atoms with Gasteiger partial charge in [-0.3, -0.25) is 4.79 Å². The van der Waals surface area contributed by atoms with Gasteiger partial charge in [-0.15, -0.1) is 0 Å². The second-order valence-corrected chi connectivity index (χ2v) is 9.78. The van der Waals surface area contributed by atoms with Gasteiger partial charge in [0.25, 0.3) is 5.91 Å². The minimum Gasteiger partial charge on any atom is -0.389 e. The minimum absolute atomic E-state index is 0.131. The van der Waals surface area contributed by atoms with Crippen LogP contribution in [-0.2, 0) is 12.8 Å². The SMILES string of the molecule is CC(C)(O)CNC(=O)c1cnc(NC2CCCC(C)(C)C2)c2c1CCCC2. The molecule has 2 aliphatic rings. The molecule has 0 bridgehead atoms. The number of fused-ring (bicyclic) bond motifs is 1. The summed E-state index contributed by atoms with van der Waals surface area (Å²) in [5.41, 5.74) is 2.50. The van der Waals surface area contributed by atoms with E-state index in [-0.39, 0.29) is 12.5 Å². The zero-order valence-electron chi connectivity index (χ0n) is 17.3. The van der Waals surface area contributed by atoms with E-state index in [4.69, 9.17) is 0 Å². The highest BCUT2D eigenvalue weighted by atomic mass is 16.3. The van der Waals surface area contributed by atoms with Gasteiger partial charge in [-0.1, -0.05) is 20.3 Å². The number of anilines is 1. The monoisotopic (exact) mass is 373 g/mol. The Hall–Kier alpha value is -1.62. The van der Waals surface area contributed by atoms with Crippen LogP contribution in [0.1, 0.15) is 87.7 Å². The van der Waals surface area contributed by atoms with E-state index in [1.807, 2.05) is 0 Å². The Morgan fingerprint density at radius 3 is 2.63 bits per heavy atom. The molecule has 2 aliphatic carbocycles. The molecular formula is C22H35N3O2. The van der Waals surface area contributed by atoms with Crippen molar-refractivity contribution in [1.82, 2.24) is 10.3 Å². The number of hydrogen-bond acceptors (Lipinski definition) is 4. The lowest BCUT2D eigenvalue weighted by atomic mass is 9.75. The van der Waals surface area contributed by atoms with Crippen LogP contribution in [0.4, 0.5) is 5.82 Å². The average Bonchev–Trinajstić information content (AvgIpc) is 2.58. The number of amides is 1. The molecule has 1 atom stereocenters. The van der Waals surface area contributed by atoms with Gasteiger partial charge in [0.1, 0.15) is 5.82 Å². The summed E-state index contributed by atoms with van der Waals surface area (Å²) in [5, 5.41) is 16.4. The molecule has 0 spiro atoms. The zero-order chi connectivity index (χ0) is 19.7. The number of hydrogen-bond donors (Lipinski definition) is 3. The van der Waals surface area contributed by atoms with E-state index < -0.39 is 5.60 Å². The van der Waals surface area contributed by atoms with Crippen molar-refractivity contribution in [3.05, 3.63) is 22.9 Å². The van der Waals surface area contributed by atoms with Crippen molar-refractivity contribution < 1.29 is 9.90 Å². The van der Waals surface area contributed by atoms with Crippen molar-refractivity contribution in [3.8, 4) is 0 Å². The lowest BCUT2D eigenvalue weighted by Crippen LogP contribution is -2.39. The van der Waals surface area contributed by atoms with Gasteiger partial charge in [-0.2, -0.15) is 0 Å². The fourth-order valence-corrected chi connectivity index (χ4v) is 4.48. The first-order chi connectivity index (χ1) is 12.6. The number of rotatable bonds is 5. The van der Waals surface area contributed by atoms with E-state index in [1.54, 1.807) is 20.0 Å². The van der Waals surface area contributed by atoms with Crippen molar-refractivity contribution >= 4 is 11.7 Å². The molecule has 1 fully saturated rings. The molecule has 3 N–H and O–H groups in total. The molecule has 1 saturated carbocycles. The van der Waals surface area contributed by atoms with Crippen molar-refractivity contribution in [2.45, 2.75) is 90.7 Å². The summed E-state index contributed by atoms with van der Waals surface area (Å²) in [6.45, 7) is 8.32. The first-order valence-corrected chi connectivity index (χ1v) is 10.4. The molecule has 1 aromatic heterocycles. The predicted molar refractivity (Wildman–Crippen MR) is 109 cm³/mol. The van der Waals surface area contributed by atoms with E-state index in [0.29, 0.717) is 17.0 Å². The fourth-order valence-electron chi connectivity index (χ4n) is 4.48. The number of aromatic nitrogens is 1. The van der Waals surface area contributed by atoms with Crippen LogP contribution in [0.25, 0.3) is 0 Å². The number of nitrogens with zero attached hydrogens (tertiary/aromatic N) is 1. The number of nitrogens with one attached hydrogen (secondary N) is 2. The maximum absolute atomic E-state index is 12.7. The normalized spacial score (nSPS) is 22.0. The summed E-state index contributed by atoms with van der Waals surface area (Å²) in [5.74, 6) is 0.847. The Labute approximate surface area is 163 Å². The van der Waals surface area contributed by atoms with Crippen molar-refractivity contribution in [3.63, 3.8) is 0 Å². The average molecular weight is 374 g/mol. The molecule has 27 heavy (non-hydrogen) atoms. The summed E-state index contributed by atoms with van der Waals surface area (Å²) in [4.78, 5) is 17.3. The molecule has 5 nitrogen and oxygen atoms in total. The first-order valence-electron chi connectivity index (χ1n) is 10.4. The third kappa shape index (κ3) is 5.22. The van der Waals surface area contributed by atoms with Crippen LogP contribution in [0.5, 0.6) is 0 Å². The molecule has 0 aliphatic heterocycles. The molecule has 0 saturated heterocycles. The zero-order valence-corrected chi connectivity index (χ0v) is 17.3. The van der Waals surface area contributed by atoms with E-state index in [1.165, 1.54) is 24.8 Å². The highest BCUT2D eigenvalue weighted by molar-refractivity contribution is 5.96. The number of aliphatic hydroxyl groups is 1. The Kier molecular flexibility index (Phi) is 5.80. The van der Waals surface area contributed by atoms with Gasteiger partial charge in [0.05, 0.1) is 11.2 Å². The third-order valence-corrected chi connectivity index (χ3v) is 5.87. The fraction of sp³-hybridized carbons (Fsp3) is 0.727. The Bertz CT molecular complexity index is 692. The Balaban J connectivity index is 1.80. The van der Waals surface area contributed by atoms with Gasteiger partial charge in [0.2, 0.25) is 0 Å². The highest BCUT2D eigenvalue weighted by Crippen LogP contribution is 2.37. The lowest BCUT2D eigenvalue weighted by Gasteiger charge is -2.36. The summed E-state index contributed by atoms with van der Waals surface area (Å²) in [7, 11) is 0. The van der Waals surface area contributed by atoms with Crippen LogP contribution in [0.2, 0.25) is 0 Å². The van der Waals surface area contributed by atoms with Gasteiger partial charge in [0.15, 0.2) is 0 Å². The van der Waals surface area contributed by atoms with E-state index in [0.717, 1.165) is 43.5 Å².